The van der Waals surface area contributed by atoms with E-state index in [9.17, 15) is 9.59 Å². The molecular formula is C13H13NO4. The number of amides is 2. The lowest BCUT2D eigenvalue weighted by atomic mass is 9.74. The molecular weight excluding hydrogens is 234 g/mol. The first-order valence-electron chi connectivity index (χ1n) is 5.80. The van der Waals surface area contributed by atoms with Gasteiger partial charge in [0.2, 0.25) is 18.6 Å². The van der Waals surface area contributed by atoms with Crippen LogP contribution in [0.15, 0.2) is 18.2 Å². The van der Waals surface area contributed by atoms with E-state index in [1.807, 2.05) is 25.1 Å². The Kier molecular flexibility index (Phi) is 2.29. The van der Waals surface area contributed by atoms with E-state index < -0.39 is 5.41 Å². The van der Waals surface area contributed by atoms with Gasteiger partial charge in [-0.2, -0.15) is 0 Å². The second-order valence-electron chi connectivity index (χ2n) is 4.95. The molecule has 3 rings (SSSR count). The number of rotatable bonds is 1. The first-order valence-corrected chi connectivity index (χ1v) is 5.80. The fraction of sp³-hybridized carbons (Fsp3) is 0.385. The molecule has 0 radical (unpaired) electrons. The van der Waals surface area contributed by atoms with Gasteiger partial charge in [0.05, 0.1) is 0 Å². The number of piperidine rings is 1. The highest BCUT2D eigenvalue weighted by Crippen LogP contribution is 2.40. The number of fused-ring (bicyclic) bond motifs is 1. The normalized spacial score (nSPS) is 20.7. The molecule has 1 N–H and O–H groups in total. The lowest BCUT2D eigenvalue weighted by Crippen LogP contribution is -2.45. The van der Waals surface area contributed by atoms with Crippen molar-refractivity contribution < 1.29 is 19.1 Å². The molecule has 5 heteroatoms. The van der Waals surface area contributed by atoms with Gasteiger partial charge in [-0.25, -0.2) is 0 Å². The number of carbonyl (C=O) groups is 2. The van der Waals surface area contributed by atoms with Crippen molar-refractivity contribution in [3.8, 4) is 11.5 Å². The zero-order valence-electron chi connectivity index (χ0n) is 9.99. The molecule has 94 valence electrons. The molecule has 0 aliphatic carbocycles. The number of hydrogen-bond donors (Lipinski definition) is 1. The summed E-state index contributed by atoms with van der Waals surface area (Å²) in [5.74, 6) is 0.916. The van der Waals surface area contributed by atoms with Gasteiger partial charge in [0.15, 0.2) is 11.5 Å². The summed E-state index contributed by atoms with van der Waals surface area (Å²) in [6.45, 7) is 2.14. The smallest absolute Gasteiger partial charge is 0.231 e. The van der Waals surface area contributed by atoms with Crippen LogP contribution in [0, 0.1) is 0 Å². The average molecular weight is 247 g/mol. The lowest BCUT2D eigenvalue weighted by molar-refractivity contribution is -0.135. The molecule has 18 heavy (non-hydrogen) atoms. The van der Waals surface area contributed by atoms with Crippen LogP contribution in [0.1, 0.15) is 25.3 Å². The van der Waals surface area contributed by atoms with E-state index >= 15 is 0 Å². The zero-order valence-corrected chi connectivity index (χ0v) is 9.99. The van der Waals surface area contributed by atoms with E-state index in [0.717, 1.165) is 5.56 Å². The highest BCUT2D eigenvalue weighted by molar-refractivity contribution is 5.99. The minimum Gasteiger partial charge on any atom is -0.454 e. The van der Waals surface area contributed by atoms with Gasteiger partial charge in [-0.05, 0) is 17.7 Å². The van der Waals surface area contributed by atoms with E-state index in [0.29, 0.717) is 24.3 Å². The van der Waals surface area contributed by atoms with Crippen molar-refractivity contribution in [2.75, 3.05) is 6.79 Å². The van der Waals surface area contributed by atoms with E-state index in [4.69, 9.17) is 9.47 Å². The first-order chi connectivity index (χ1) is 8.57. The molecule has 0 aromatic heterocycles. The fourth-order valence-corrected chi connectivity index (χ4v) is 2.49. The summed E-state index contributed by atoms with van der Waals surface area (Å²) in [5.41, 5.74) is 0.454. The Morgan fingerprint density at radius 3 is 2.50 bits per heavy atom. The monoisotopic (exact) mass is 247 g/mol. The number of nitrogens with one attached hydrogen (secondary N) is 1. The van der Waals surface area contributed by atoms with Crippen LogP contribution in [0.4, 0.5) is 0 Å². The van der Waals surface area contributed by atoms with Crippen molar-refractivity contribution in [3.05, 3.63) is 23.8 Å². The van der Waals surface area contributed by atoms with Gasteiger partial charge >= 0.3 is 0 Å². The summed E-state index contributed by atoms with van der Waals surface area (Å²) in [4.78, 5) is 23.0. The van der Waals surface area contributed by atoms with Gasteiger partial charge in [0.25, 0.3) is 0 Å². The predicted molar refractivity (Wildman–Crippen MR) is 62.3 cm³/mol. The third-order valence-electron chi connectivity index (χ3n) is 3.45. The van der Waals surface area contributed by atoms with E-state index in [2.05, 4.69) is 5.32 Å². The molecule has 1 fully saturated rings. The number of ether oxygens (including phenoxy) is 2. The predicted octanol–water partition coefficient (Wildman–Crippen LogP) is 1.11. The summed E-state index contributed by atoms with van der Waals surface area (Å²) >= 11 is 0. The Hall–Kier alpha value is -2.04. The summed E-state index contributed by atoms with van der Waals surface area (Å²) in [5, 5.41) is 2.32. The molecule has 1 aromatic rings. The van der Waals surface area contributed by atoms with Crippen LogP contribution in [0.5, 0.6) is 11.5 Å². The van der Waals surface area contributed by atoms with Crippen molar-refractivity contribution >= 4 is 11.8 Å². The molecule has 0 bridgehead atoms. The molecule has 1 aromatic carbocycles. The van der Waals surface area contributed by atoms with Gasteiger partial charge < -0.3 is 9.47 Å². The van der Waals surface area contributed by atoms with Crippen molar-refractivity contribution in [2.45, 2.75) is 25.2 Å². The van der Waals surface area contributed by atoms with E-state index in [1.165, 1.54) is 0 Å². The molecule has 0 spiro atoms. The van der Waals surface area contributed by atoms with Crippen molar-refractivity contribution in [3.63, 3.8) is 0 Å². The van der Waals surface area contributed by atoms with Crippen LogP contribution in [-0.2, 0) is 15.0 Å². The Balaban J connectivity index is 1.98. The molecule has 0 unspecified atom stereocenters. The maximum Gasteiger partial charge on any atom is 0.231 e. The van der Waals surface area contributed by atoms with Gasteiger partial charge in [0.1, 0.15) is 0 Å². The maximum absolute atomic E-state index is 11.5. The summed E-state index contributed by atoms with van der Waals surface area (Å²) in [7, 11) is 0. The molecule has 0 atom stereocenters. The third kappa shape index (κ3) is 1.72. The van der Waals surface area contributed by atoms with Gasteiger partial charge in [-0.1, -0.05) is 13.0 Å². The summed E-state index contributed by atoms with van der Waals surface area (Å²) in [6, 6.07) is 5.56. The number of imide groups is 1. The van der Waals surface area contributed by atoms with Gasteiger partial charge in [-0.3, -0.25) is 14.9 Å². The molecule has 5 nitrogen and oxygen atoms in total. The van der Waals surface area contributed by atoms with Crippen LogP contribution in [-0.4, -0.2) is 18.6 Å². The Morgan fingerprint density at radius 1 is 1.11 bits per heavy atom. The van der Waals surface area contributed by atoms with Crippen molar-refractivity contribution in [1.82, 2.24) is 5.32 Å². The standard InChI is InChI=1S/C13H13NO4/c1-13(5-11(15)14-12(16)6-13)8-2-3-9-10(4-8)18-7-17-9/h2-4H,5-7H2,1H3,(H,14,15,16). The Bertz CT molecular complexity index is 522. The quantitative estimate of drug-likeness (QED) is 0.755. The highest BCUT2D eigenvalue weighted by Gasteiger charge is 2.37. The SMILES string of the molecule is CC1(c2ccc3c(c2)OCO3)CC(=O)NC(=O)C1. The molecule has 0 saturated carbocycles. The van der Waals surface area contributed by atoms with Crippen LogP contribution in [0.25, 0.3) is 0 Å². The van der Waals surface area contributed by atoms with Gasteiger partial charge in [-0.15, -0.1) is 0 Å². The lowest BCUT2D eigenvalue weighted by Gasteiger charge is -2.32. The zero-order chi connectivity index (χ0) is 12.8. The maximum atomic E-state index is 11.5. The topological polar surface area (TPSA) is 64.6 Å². The largest absolute Gasteiger partial charge is 0.454 e. The van der Waals surface area contributed by atoms with Crippen LogP contribution >= 0.6 is 0 Å². The minimum absolute atomic E-state index is 0.217. The summed E-state index contributed by atoms with van der Waals surface area (Å²) < 4.78 is 10.6. The van der Waals surface area contributed by atoms with Crippen LogP contribution in [0.2, 0.25) is 0 Å². The number of benzene rings is 1. The molecule has 2 aliphatic heterocycles. The van der Waals surface area contributed by atoms with Crippen LogP contribution in [0.3, 0.4) is 0 Å². The van der Waals surface area contributed by atoms with Crippen molar-refractivity contribution in [2.24, 2.45) is 0 Å². The van der Waals surface area contributed by atoms with Gasteiger partial charge in [0, 0.05) is 18.3 Å². The number of carbonyl (C=O) groups excluding carboxylic acids is 2. The third-order valence-corrected chi connectivity index (χ3v) is 3.45. The summed E-state index contributed by atoms with van der Waals surface area (Å²) in [6.07, 6.45) is 0.608. The molecule has 2 amide bonds. The van der Waals surface area contributed by atoms with Crippen molar-refractivity contribution in [1.29, 1.82) is 0 Å². The minimum atomic E-state index is -0.472. The first kappa shape index (κ1) is 11.1. The Morgan fingerprint density at radius 2 is 1.78 bits per heavy atom. The molecule has 2 heterocycles. The molecule has 2 aliphatic rings. The second-order valence-corrected chi connectivity index (χ2v) is 4.95. The molecule has 1 saturated heterocycles. The average Bonchev–Trinajstić information content (AvgIpc) is 2.73. The van der Waals surface area contributed by atoms with Crippen LogP contribution < -0.4 is 14.8 Å². The highest BCUT2D eigenvalue weighted by atomic mass is 16.7. The Labute approximate surface area is 104 Å². The van der Waals surface area contributed by atoms with E-state index in [1.54, 1.807) is 0 Å². The number of hydrogen-bond acceptors (Lipinski definition) is 4. The van der Waals surface area contributed by atoms with E-state index in [-0.39, 0.29) is 18.6 Å². The fourth-order valence-electron chi connectivity index (χ4n) is 2.49. The second kappa shape index (κ2) is 3.73.